The summed E-state index contributed by atoms with van der Waals surface area (Å²) in [6.07, 6.45) is 4.18. The first-order valence-electron chi connectivity index (χ1n) is 15.5. The summed E-state index contributed by atoms with van der Waals surface area (Å²) in [7, 11) is 4.01. The number of nitrogens with two attached hydrogens (primary N) is 2. The number of ether oxygens (including phenoxy) is 4. The van der Waals surface area contributed by atoms with Crippen molar-refractivity contribution in [2.24, 2.45) is 0 Å². The van der Waals surface area contributed by atoms with E-state index < -0.39 is 16.9 Å². The van der Waals surface area contributed by atoms with Gasteiger partial charge in [0.2, 0.25) is 0 Å². The van der Waals surface area contributed by atoms with Crippen molar-refractivity contribution < 1.29 is 33.5 Å². The molecule has 0 heterocycles. The van der Waals surface area contributed by atoms with Crippen LogP contribution in [0.3, 0.4) is 0 Å². The van der Waals surface area contributed by atoms with Gasteiger partial charge in [-0.1, -0.05) is 26.7 Å². The molecule has 0 radical (unpaired) electrons. The second-order valence-corrected chi connectivity index (χ2v) is 10.8. The second-order valence-electron chi connectivity index (χ2n) is 10.8. The molecule has 0 atom stereocenters. The molecule has 0 aliphatic carbocycles. The number of nitro groups is 1. The predicted molar refractivity (Wildman–Crippen MR) is 186 cm³/mol. The number of hydrogen-bond donors (Lipinski definition) is 2. The Bertz CT molecular complexity index is 1660. The van der Waals surface area contributed by atoms with E-state index in [1.54, 1.807) is 24.3 Å². The second kappa shape index (κ2) is 18.4. The molecule has 48 heavy (non-hydrogen) atoms. The standard InChI is InChI=1S/C23H20N2O7.C13H22N2O/c1-2-13-30-21-14-19(32-22(26)15-3-5-16(24)6-4-15)11-12-20(21)23(27)31-18-9-7-17(8-10-18)25(28)29;1-4-5-6-9-16-13-10-11(15(2)3)7-8-12(13)14/h3-12,14H,2,13,24H2,1H3;7-8,10H,4-6,9,14H2,1-3H3. The summed E-state index contributed by atoms with van der Waals surface area (Å²) in [5.41, 5.74) is 14.1. The average molecular weight is 659 g/mol. The van der Waals surface area contributed by atoms with E-state index in [2.05, 4.69) is 6.92 Å². The van der Waals surface area contributed by atoms with Gasteiger partial charge in [0.05, 0.1) is 29.4 Å². The van der Waals surface area contributed by atoms with E-state index >= 15 is 0 Å². The number of unbranched alkanes of at least 4 members (excludes halogenated alkanes) is 2. The Morgan fingerprint density at radius 1 is 0.729 bits per heavy atom. The largest absolute Gasteiger partial charge is 0.493 e. The molecule has 0 amide bonds. The highest BCUT2D eigenvalue weighted by molar-refractivity contribution is 5.95. The average Bonchev–Trinajstić information content (AvgIpc) is 3.07. The number of nitro benzene ring substituents is 1. The van der Waals surface area contributed by atoms with Gasteiger partial charge < -0.3 is 35.3 Å². The van der Waals surface area contributed by atoms with Crippen molar-refractivity contribution in [3.05, 3.63) is 106 Å². The molecule has 0 saturated carbocycles. The Balaban J connectivity index is 0.000000328. The van der Waals surface area contributed by atoms with Crippen LogP contribution in [0.1, 0.15) is 60.2 Å². The van der Waals surface area contributed by atoms with Crippen LogP contribution in [-0.2, 0) is 0 Å². The van der Waals surface area contributed by atoms with Gasteiger partial charge in [-0.3, -0.25) is 10.1 Å². The third-order valence-corrected chi connectivity index (χ3v) is 6.77. The maximum absolute atomic E-state index is 12.6. The van der Waals surface area contributed by atoms with Crippen LogP contribution in [0.25, 0.3) is 0 Å². The molecule has 0 bridgehead atoms. The van der Waals surface area contributed by atoms with Gasteiger partial charge in [0.25, 0.3) is 5.69 Å². The van der Waals surface area contributed by atoms with Gasteiger partial charge in [-0.15, -0.1) is 0 Å². The summed E-state index contributed by atoms with van der Waals surface area (Å²) in [6.45, 7) is 5.16. The van der Waals surface area contributed by atoms with Crippen molar-refractivity contribution in [2.45, 2.75) is 39.5 Å². The van der Waals surface area contributed by atoms with Gasteiger partial charge in [0.15, 0.2) is 0 Å². The molecule has 4 aromatic rings. The van der Waals surface area contributed by atoms with Gasteiger partial charge in [-0.2, -0.15) is 0 Å². The smallest absolute Gasteiger partial charge is 0.347 e. The maximum Gasteiger partial charge on any atom is 0.347 e. The molecule has 0 aromatic heterocycles. The topological polar surface area (TPSA) is 169 Å². The monoisotopic (exact) mass is 658 g/mol. The van der Waals surface area contributed by atoms with Crippen LogP contribution in [0.4, 0.5) is 22.7 Å². The lowest BCUT2D eigenvalue weighted by molar-refractivity contribution is -0.384. The van der Waals surface area contributed by atoms with E-state index in [-0.39, 0.29) is 28.5 Å². The van der Waals surface area contributed by atoms with Crippen LogP contribution in [-0.4, -0.2) is 44.2 Å². The first-order chi connectivity index (χ1) is 23.0. The van der Waals surface area contributed by atoms with Crippen molar-refractivity contribution >= 4 is 34.7 Å². The molecule has 0 fully saturated rings. The molecule has 0 aliphatic heterocycles. The first kappa shape index (κ1) is 36.7. The molecule has 0 unspecified atom stereocenters. The molecule has 0 saturated heterocycles. The predicted octanol–water partition coefficient (Wildman–Crippen LogP) is 7.31. The van der Waals surface area contributed by atoms with Crippen LogP contribution in [0, 0.1) is 10.1 Å². The highest BCUT2D eigenvalue weighted by Crippen LogP contribution is 2.29. The Hall–Kier alpha value is -5.78. The summed E-state index contributed by atoms with van der Waals surface area (Å²) in [4.78, 5) is 37.2. The van der Waals surface area contributed by atoms with E-state index in [0.717, 1.165) is 24.5 Å². The minimum atomic E-state index is -0.721. The number of carbonyl (C=O) groups is 2. The zero-order chi connectivity index (χ0) is 35.1. The molecule has 4 rings (SSSR count). The molecule has 0 aliphatic rings. The third-order valence-electron chi connectivity index (χ3n) is 6.77. The van der Waals surface area contributed by atoms with E-state index in [9.17, 15) is 19.7 Å². The number of benzene rings is 4. The number of rotatable bonds is 14. The van der Waals surface area contributed by atoms with Crippen molar-refractivity contribution in [2.75, 3.05) is 43.7 Å². The molecule has 0 spiro atoms. The van der Waals surface area contributed by atoms with Crippen molar-refractivity contribution in [3.8, 4) is 23.0 Å². The fourth-order valence-corrected chi connectivity index (χ4v) is 4.11. The van der Waals surface area contributed by atoms with E-state index in [1.165, 1.54) is 55.3 Å². The highest BCUT2D eigenvalue weighted by Gasteiger charge is 2.18. The molecule has 4 N–H and O–H groups in total. The van der Waals surface area contributed by atoms with Gasteiger partial charge in [-0.25, -0.2) is 9.59 Å². The van der Waals surface area contributed by atoms with Gasteiger partial charge in [-0.05, 0) is 73.5 Å². The zero-order valence-electron chi connectivity index (χ0n) is 27.6. The fourth-order valence-electron chi connectivity index (χ4n) is 4.11. The molecule has 12 nitrogen and oxygen atoms in total. The summed E-state index contributed by atoms with van der Waals surface area (Å²) in [6, 6.07) is 21.5. The van der Waals surface area contributed by atoms with Crippen LogP contribution in [0.15, 0.2) is 84.9 Å². The van der Waals surface area contributed by atoms with Gasteiger partial charge in [0, 0.05) is 49.7 Å². The third kappa shape index (κ3) is 11.2. The number of hydrogen-bond acceptors (Lipinski definition) is 11. The lowest BCUT2D eigenvalue weighted by atomic mass is 10.2. The van der Waals surface area contributed by atoms with Crippen LogP contribution in [0.2, 0.25) is 0 Å². The lowest BCUT2D eigenvalue weighted by Crippen LogP contribution is -2.13. The zero-order valence-corrected chi connectivity index (χ0v) is 27.6. The summed E-state index contributed by atoms with van der Waals surface area (Å²) < 4.78 is 22.0. The molecule has 4 aromatic carbocycles. The van der Waals surface area contributed by atoms with E-state index in [4.69, 9.17) is 30.4 Å². The Kier molecular flexibility index (Phi) is 14.1. The Morgan fingerprint density at radius 3 is 2.00 bits per heavy atom. The maximum atomic E-state index is 12.6. The SMILES string of the molecule is CCCCCOc1cc(N(C)C)ccc1N.CCCOc1cc(OC(=O)c2ccc(N)cc2)ccc1C(=O)Oc1ccc([N+](=O)[O-])cc1. The molecule has 12 heteroatoms. The first-order valence-corrected chi connectivity index (χ1v) is 15.5. The summed E-state index contributed by atoms with van der Waals surface area (Å²) in [5, 5.41) is 10.8. The summed E-state index contributed by atoms with van der Waals surface area (Å²) in [5.74, 6) is -0.0107. The number of nitrogens with zero attached hydrogens (tertiary/aromatic N) is 2. The number of carbonyl (C=O) groups excluding carboxylic acids is 2. The molecular weight excluding hydrogens is 616 g/mol. The fraction of sp³-hybridized carbons (Fsp3) is 0.278. The van der Waals surface area contributed by atoms with Crippen LogP contribution < -0.4 is 35.3 Å². The molecular formula is C36H42N4O8. The van der Waals surface area contributed by atoms with Crippen LogP contribution in [0.5, 0.6) is 23.0 Å². The van der Waals surface area contributed by atoms with E-state index in [1.807, 2.05) is 44.1 Å². The van der Waals surface area contributed by atoms with Crippen molar-refractivity contribution in [1.82, 2.24) is 0 Å². The van der Waals surface area contributed by atoms with Crippen LogP contribution >= 0.6 is 0 Å². The molecule has 254 valence electrons. The lowest BCUT2D eigenvalue weighted by Gasteiger charge is -2.15. The normalized spacial score (nSPS) is 10.2. The highest BCUT2D eigenvalue weighted by atomic mass is 16.6. The van der Waals surface area contributed by atoms with E-state index in [0.29, 0.717) is 30.0 Å². The summed E-state index contributed by atoms with van der Waals surface area (Å²) >= 11 is 0. The minimum Gasteiger partial charge on any atom is -0.493 e. The minimum absolute atomic E-state index is 0.115. The Morgan fingerprint density at radius 2 is 1.38 bits per heavy atom. The van der Waals surface area contributed by atoms with Crippen molar-refractivity contribution in [1.29, 1.82) is 0 Å². The number of anilines is 3. The van der Waals surface area contributed by atoms with Gasteiger partial charge in [0.1, 0.15) is 28.6 Å². The van der Waals surface area contributed by atoms with Crippen molar-refractivity contribution in [3.63, 3.8) is 0 Å². The number of nitrogen functional groups attached to an aromatic ring is 2. The Labute approximate surface area is 280 Å². The number of non-ortho nitro benzene ring substituents is 1. The number of esters is 2. The van der Waals surface area contributed by atoms with Gasteiger partial charge >= 0.3 is 11.9 Å². The quantitative estimate of drug-likeness (QED) is 0.0348.